The Labute approximate surface area is 183 Å². The molecule has 1 atom stereocenters. The first kappa shape index (κ1) is 21.2. The molecule has 2 aliphatic heterocycles. The van der Waals surface area contributed by atoms with Crippen molar-refractivity contribution in [3.63, 3.8) is 0 Å². The van der Waals surface area contributed by atoms with Gasteiger partial charge in [0.15, 0.2) is 23.9 Å². The maximum atomic E-state index is 12.8. The number of anilines is 1. The number of hydrogen-bond acceptors (Lipinski definition) is 7. The van der Waals surface area contributed by atoms with Crippen molar-refractivity contribution in [1.29, 1.82) is 0 Å². The first-order valence-corrected chi connectivity index (χ1v) is 10.7. The molecule has 1 fully saturated rings. The van der Waals surface area contributed by atoms with Gasteiger partial charge in [0.1, 0.15) is 11.7 Å². The summed E-state index contributed by atoms with van der Waals surface area (Å²) in [5.74, 6) is 2.56. The Morgan fingerprint density at radius 1 is 1.26 bits per heavy atom. The second-order valence-corrected chi connectivity index (χ2v) is 8.92. The molecule has 1 unspecified atom stereocenters. The molecule has 0 spiro atoms. The van der Waals surface area contributed by atoms with Crippen LogP contribution in [-0.2, 0) is 11.2 Å². The highest BCUT2D eigenvalue weighted by Gasteiger charge is 2.33. The Morgan fingerprint density at radius 2 is 2.10 bits per heavy atom. The summed E-state index contributed by atoms with van der Waals surface area (Å²) in [5.41, 5.74) is 0.861. The molecule has 0 saturated carbocycles. The third-order valence-corrected chi connectivity index (χ3v) is 5.51. The second kappa shape index (κ2) is 8.61. The van der Waals surface area contributed by atoms with Crippen molar-refractivity contribution in [2.45, 2.75) is 44.8 Å². The highest BCUT2D eigenvalue weighted by molar-refractivity contribution is 5.78. The van der Waals surface area contributed by atoms with Gasteiger partial charge >= 0.3 is 0 Å². The number of carbonyl (C=O) groups excluding carboxylic acids is 1. The molecule has 1 aromatic carbocycles. The summed E-state index contributed by atoms with van der Waals surface area (Å²) >= 11 is 0. The van der Waals surface area contributed by atoms with Crippen molar-refractivity contribution in [3.05, 3.63) is 35.9 Å². The van der Waals surface area contributed by atoms with E-state index in [4.69, 9.17) is 14.2 Å². The Hall–Kier alpha value is -3.03. The minimum atomic E-state index is -0.253. The van der Waals surface area contributed by atoms with Crippen LogP contribution in [0, 0.1) is 0 Å². The van der Waals surface area contributed by atoms with Gasteiger partial charge in [-0.05, 0) is 38.8 Å². The SMILES string of the molecule is CN(C)c1ccc(OC2CCCN(C(=O)COc3cccc4c3OC(C)(C)C4)C2)nn1. The van der Waals surface area contributed by atoms with Gasteiger partial charge in [-0.2, -0.15) is 0 Å². The average molecular weight is 427 g/mol. The van der Waals surface area contributed by atoms with Crippen molar-refractivity contribution >= 4 is 11.7 Å². The monoisotopic (exact) mass is 426 g/mol. The first-order valence-electron chi connectivity index (χ1n) is 10.7. The molecule has 2 aromatic rings. The molecular weight excluding hydrogens is 396 g/mol. The lowest BCUT2D eigenvalue weighted by molar-refractivity contribution is -0.136. The van der Waals surface area contributed by atoms with Crippen LogP contribution < -0.4 is 19.1 Å². The van der Waals surface area contributed by atoms with Gasteiger partial charge in [0.2, 0.25) is 5.88 Å². The zero-order valence-electron chi connectivity index (χ0n) is 18.6. The van der Waals surface area contributed by atoms with Gasteiger partial charge < -0.3 is 24.0 Å². The number of fused-ring (bicyclic) bond motifs is 1. The molecule has 1 saturated heterocycles. The minimum Gasteiger partial charge on any atom is -0.483 e. The predicted octanol–water partition coefficient (Wildman–Crippen LogP) is 2.70. The molecule has 4 rings (SSSR count). The van der Waals surface area contributed by atoms with Crippen LogP contribution in [0.15, 0.2) is 30.3 Å². The van der Waals surface area contributed by atoms with Crippen LogP contribution >= 0.6 is 0 Å². The number of para-hydroxylation sites is 1. The number of ether oxygens (including phenoxy) is 3. The van der Waals surface area contributed by atoms with Crippen LogP contribution in [-0.4, -0.2) is 66.5 Å². The molecule has 166 valence electrons. The predicted molar refractivity (Wildman–Crippen MR) is 117 cm³/mol. The molecule has 0 N–H and O–H groups in total. The average Bonchev–Trinajstić information content (AvgIpc) is 3.07. The Bertz CT molecular complexity index is 930. The zero-order valence-corrected chi connectivity index (χ0v) is 18.6. The number of hydrogen-bond donors (Lipinski definition) is 0. The summed E-state index contributed by atoms with van der Waals surface area (Å²) in [6, 6.07) is 9.51. The maximum absolute atomic E-state index is 12.8. The van der Waals surface area contributed by atoms with E-state index >= 15 is 0 Å². The summed E-state index contributed by atoms with van der Waals surface area (Å²) in [7, 11) is 3.82. The van der Waals surface area contributed by atoms with Gasteiger partial charge in [0, 0.05) is 38.7 Å². The zero-order chi connectivity index (χ0) is 22.0. The molecule has 0 aliphatic carbocycles. The molecule has 31 heavy (non-hydrogen) atoms. The lowest BCUT2D eigenvalue weighted by Crippen LogP contribution is -2.46. The van der Waals surface area contributed by atoms with E-state index in [1.165, 1.54) is 0 Å². The summed E-state index contributed by atoms with van der Waals surface area (Å²) in [6.07, 6.45) is 2.47. The molecule has 2 aliphatic rings. The third kappa shape index (κ3) is 5.00. The molecule has 1 amide bonds. The number of amides is 1. The number of aromatic nitrogens is 2. The van der Waals surface area contributed by atoms with Gasteiger partial charge in [0.05, 0.1) is 6.54 Å². The standard InChI is InChI=1S/C23H30N4O4/c1-23(2)13-16-7-5-9-18(22(16)31-23)29-15-21(28)27-12-6-8-17(14-27)30-20-11-10-19(24-25-20)26(3)4/h5,7,9-11,17H,6,8,12-15H2,1-4H3. The fourth-order valence-electron chi connectivity index (χ4n) is 3.98. The first-order chi connectivity index (χ1) is 14.8. The van der Waals surface area contributed by atoms with Crippen LogP contribution in [0.5, 0.6) is 17.4 Å². The lowest BCUT2D eigenvalue weighted by atomic mass is 10.0. The molecule has 3 heterocycles. The Kier molecular flexibility index (Phi) is 5.89. The molecule has 0 radical (unpaired) electrons. The summed E-state index contributed by atoms with van der Waals surface area (Å²) in [6.45, 7) is 5.28. The van der Waals surface area contributed by atoms with Crippen LogP contribution in [0.4, 0.5) is 5.82 Å². The molecule has 8 heteroatoms. The Morgan fingerprint density at radius 3 is 2.84 bits per heavy atom. The largest absolute Gasteiger partial charge is 0.483 e. The van der Waals surface area contributed by atoms with Crippen LogP contribution in [0.2, 0.25) is 0 Å². The van der Waals surface area contributed by atoms with E-state index in [1.54, 1.807) is 4.90 Å². The number of likely N-dealkylation sites (tertiary alicyclic amines) is 1. The number of piperidine rings is 1. The van der Waals surface area contributed by atoms with Crippen molar-refractivity contribution < 1.29 is 19.0 Å². The van der Waals surface area contributed by atoms with E-state index in [-0.39, 0.29) is 24.2 Å². The van der Waals surface area contributed by atoms with Crippen molar-refractivity contribution in [3.8, 4) is 17.4 Å². The lowest BCUT2D eigenvalue weighted by Gasteiger charge is -2.32. The van der Waals surface area contributed by atoms with Gasteiger partial charge in [-0.15, -0.1) is 10.2 Å². The number of nitrogens with zero attached hydrogens (tertiary/aromatic N) is 4. The van der Waals surface area contributed by atoms with E-state index in [0.29, 0.717) is 24.7 Å². The Balaban J connectivity index is 1.32. The van der Waals surface area contributed by atoms with Crippen LogP contribution in [0.1, 0.15) is 32.3 Å². The van der Waals surface area contributed by atoms with Crippen molar-refractivity contribution in [2.24, 2.45) is 0 Å². The summed E-state index contributed by atoms with van der Waals surface area (Å²) < 4.78 is 17.9. The highest BCUT2D eigenvalue weighted by atomic mass is 16.5. The van der Waals surface area contributed by atoms with Crippen molar-refractivity contribution in [2.75, 3.05) is 38.7 Å². The topological polar surface area (TPSA) is 77.0 Å². The third-order valence-electron chi connectivity index (χ3n) is 5.51. The normalized spacial score (nSPS) is 19.4. The van der Waals surface area contributed by atoms with Crippen LogP contribution in [0.3, 0.4) is 0 Å². The molecular formula is C23H30N4O4. The van der Waals surface area contributed by atoms with Gasteiger partial charge in [-0.25, -0.2) is 0 Å². The minimum absolute atomic E-state index is 0.0235. The fraction of sp³-hybridized carbons (Fsp3) is 0.522. The molecule has 0 bridgehead atoms. The quantitative estimate of drug-likeness (QED) is 0.703. The summed E-state index contributed by atoms with van der Waals surface area (Å²) in [4.78, 5) is 16.5. The fourth-order valence-corrected chi connectivity index (χ4v) is 3.98. The van der Waals surface area contributed by atoms with E-state index in [2.05, 4.69) is 10.2 Å². The van der Waals surface area contributed by atoms with E-state index in [1.807, 2.05) is 63.2 Å². The highest BCUT2D eigenvalue weighted by Crippen LogP contribution is 2.41. The van der Waals surface area contributed by atoms with E-state index < -0.39 is 0 Å². The van der Waals surface area contributed by atoms with E-state index in [0.717, 1.165) is 36.4 Å². The smallest absolute Gasteiger partial charge is 0.260 e. The van der Waals surface area contributed by atoms with Gasteiger partial charge in [-0.3, -0.25) is 4.79 Å². The summed E-state index contributed by atoms with van der Waals surface area (Å²) in [5, 5.41) is 8.27. The number of benzene rings is 1. The van der Waals surface area contributed by atoms with Crippen molar-refractivity contribution in [1.82, 2.24) is 15.1 Å². The number of carbonyl (C=O) groups is 1. The number of rotatable bonds is 6. The van der Waals surface area contributed by atoms with Gasteiger partial charge in [0.25, 0.3) is 5.91 Å². The van der Waals surface area contributed by atoms with Crippen LogP contribution in [0.25, 0.3) is 0 Å². The molecule has 8 nitrogen and oxygen atoms in total. The van der Waals surface area contributed by atoms with Gasteiger partial charge in [-0.1, -0.05) is 12.1 Å². The van der Waals surface area contributed by atoms with E-state index in [9.17, 15) is 4.79 Å². The second-order valence-electron chi connectivity index (χ2n) is 8.92. The molecule has 1 aromatic heterocycles. The maximum Gasteiger partial charge on any atom is 0.260 e.